The van der Waals surface area contributed by atoms with E-state index in [1.807, 2.05) is 0 Å². The molecule has 3 heteroatoms. The summed E-state index contributed by atoms with van der Waals surface area (Å²) < 4.78 is 0. The number of rotatable bonds is 4. The highest BCUT2D eigenvalue weighted by Gasteiger charge is 1.73. The summed E-state index contributed by atoms with van der Waals surface area (Å²) >= 11 is 0. The molecule has 0 aromatic carbocycles. The molecule has 0 rings (SSSR count). The molecule has 0 saturated heterocycles. The molecular formula is C6H10O3. The first-order valence-corrected chi connectivity index (χ1v) is 2.63. The third kappa shape index (κ3) is 7.04. The average molecular weight is 130 g/mol. The van der Waals surface area contributed by atoms with Crippen LogP contribution in [0.15, 0.2) is 24.7 Å². The largest absolute Gasteiger partial charge is 0.308 e. The van der Waals surface area contributed by atoms with Gasteiger partial charge in [0.15, 0.2) is 0 Å². The molecule has 0 aromatic heterocycles. The van der Waals surface area contributed by atoms with Crippen molar-refractivity contribution in [2.24, 2.45) is 0 Å². The quantitative estimate of drug-likeness (QED) is 0.252. The number of hydrogen-bond donors (Lipinski definition) is 0. The zero-order valence-corrected chi connectivity index (χ0v) is 5.53. The smallest absolute Gasteiger partial charge is 0.129 e. The zero-order valence-electron chi connectivity index (χ0n) is 5.53. The molecule has 0 unspecified atom stereocenters. The molecule has 0 spiro atoms. The molecule has 0 aliphatic heterocycles. The molecule has 0 radical (unpaired) electrons. The van der Waals surface area contributed by atoms with Gasteiger partial charge < -0.3 is 9.78 Å². The van der Waals surface area contributed by atoms with Crippen LogP contribution in [0, 0.1) is 0 Å². The Balaban J connectivity index is 2.91. The highest BCUT2D eigenvalue weighted by Crippen LogP contribution is 1.83. The summed E-state index contributed by atoms with van der Waals surface area (Å²) in [4.78, 5) is 8.66. The maximum atomic E-state index is 4.33. The second kappa shape index (κ2) is 7.04. The van der Waals surface area contributed by atoms with Crippen molar-refractivity contribution >= 4 is 0 Å². The minimum atomic E-state index is 1.36. The molecule has 0 aromatic rings. The molecule has 0 heterocycles. The Kier molecular flexibility index (Phi) is 6.29. The monoisotopic (exact) mass is 130 g/mol. The van der Waals surface area contributed by atoms with Crippen LogP contribution in [0.4, 0.5) is 0 Å². The van der Waals surface area contributed by atoms with Crippen LogP contribution in [0.2, 0.25) is 0 Å². The predicted octanol–water partition coefficient (Wildman–Crippen LogP) is 1.93. The summed E-state index contributed by atoms with van der Waals surface area (Å²) in [7, 11) is 0. The maximum absolute atomic E-state index is 4.33. The van der Waals surface area contributed by atoms with Gasteiger partial charge in [0, 0.05) is 5.04 Å². The van der Waals surface area contributed by atoms with Crippen molar-refractivity contribution in [3.05, 3.63) is 24.7 Å². The molecule has 0 amide bonds. The van der Waals surface area contributed by atoms with Gasteiger partial charge in [0.2, 0.25) is 0 Å². The summed E-state index contributed by atoms with van der Waals surface area (Å²) in [6.45, 7) is 3.61. The Morgan fingerprint density at radius 3 is 1.67 bits per heavy atom. The minimum absolute atomic E-state index is 1.36. The van der Waals surface area contributed by atoms with Crippen molar-refractivity contribution in [3.63, 3.8) is 0 Å². The lowest BCUT2D eigenvalue weighted by Crippen LogP contribution is -1.82. The van der Waals surface area contributed by atoms with Gasteiger partial charge in [0.25, 0.3) is 0 Å². The molecule has 0 N–H and O–H groups in total. The van der Waals surface area contributed by atoms with Gasteiger partial charge in [0.1, 0.15) is 12.5 Å². The second-order valence-corrected chi connectivity index (χ2v) is 1.20. The van der Waals surface area contributed by atoms with Gasteiger partial charge in [-0.15, -0.1) is 0 Å². The average Bonchev–Trinajstić information content (AvgIpc) is 1.89. The first kappa shape index (κ1) is 8.04. The van der Waals surface area contributed by atoms with E-state index >= 15 is 0 Å². The Morgan fingerprint density at radius 2 is 1.33 bits per heavy atom. The SMILES string of the molecule is C/C=C/OOO/C=C/C. The molecular weight excluding hydrogens is 120 g/mol. The van der Waals surface area contributed by atoms with Crippen LogP contribution in [0.3, 0.4) is 0 Å². The molecule has 0 atom stereocenters. The molecule has 0 saturated carbocycles. The van der Waals surface area contributed by atoms with E-state index in [0.717, 1.165) is 0 Å². The number of allylic oxidation sites excluding steroid dienone is 2. The predicted molar refractivity (Wildman–Crippen MR) is 32.9 cm³/mol. The van der Waals surface area contributed by atoms with Crippen molar-refractivity contribution in [1.29, 1.82) is 0 Å². The van der Waals surface area contributed by atoms with Crippen LogP contribution in [0.1, 0.15) is 13.8 Å². The topological polar surface area (TPSA) is 27.7 Å². The van der Waals surface area contributed by atoms with E-state index in [-0.39, 0.29) is 0 Å². The lowest BCUT2D eigenvalue weighted by atomic mass is 10.7. The Morgan fingerprint density at radius 1 is 0.889 bits per heavy atom. The first-order valence-electron chi connectivity index (χ1n) is 2.63. The Bertz CT molecular complexity index is 84.5. The summed E-state index contributed by atoms with van der Waals surface area (Å²) in [5.74, 6) is 0. The summed E-state index contributed by atoms with van der Waals surface area (Å²) in [6, 6.07) is 0. The van der Waals surface area contributed by atoms with Crippen LogP contribution in [0.5, 0.6) is 0 Å². The Labute approximate surface area is 54.4 Å². The molecule has 52 valence electrons. The van der Waals surface area contributed by atoms with E-state index in [9.17, 15) is 0 Å². The fraction of sp³-hybridized carbons (Fsp3) is 0.333. The van der Waals surface area contributed by atoms with Gasteiger partial charge in [0.05, 0.1) is 0 Å². The van der Waals surface area contributed by atoms with Gasteiger partial charge in [-0.3, -0.25) is 0 Å². The summed E-state index contributed by atoms with van der Waals surface area (Å²) in [6.07, 6.45) is 6.09. The van der Waals surface area contributed by atoms with E-state index < -0.39 is 0 Å². The fourth-order valence-electron chi connectivity index (χ4n) is 0.179. The van der Waals surface area contributed by atoms with Crippen molar-refractivity contribution in [3.8, 4) is 0 Å². The zero-order chi connectivity index (χ0) is 6.95. The van der Waals surface area contributed by atoms with Crippen LogP contribution >= 0.6 is 0 Å². The van der Waals surface area contributed by atoms with E-state index in [1.165, 1.54) is 12.5 Å². The van der Waals surface area contributed by atoms with Crippen molar-refractivity contribution in [1.82, 2.24) is 0 Å². The number of hydrogen-bond acceptors (Lipinski definition) is 3. The van der Waals surface area contributed by atoms with Crippen LogP contribution in [-0.2, 0) is 14.8 Å². The third-order valence-corrected chi connectivity index (χ3v) is 0.462. The Hall–Kier alpha value is -0.960. The molecule has 0 aliphatic carbocycles. The third-order valence-electron chi connectivity index (χ3n) is 0.462. The van der Waals surface area contributed by atoms with Gasteiger partial charge in [-0.1, -0.05) is 0 Å². The van der Waals surface area contributed by atoms with Crippen LogP contribution < -0.4 is 0 Å². The normalized spacial score (nSPS) is 10.9. The van der Waals surface area contributed by atoms with E-state index in [4.69, 9.17) is 0 Å². The first-order chi connectivity index (χ1) is 4.41. The minimum Gasteiger partial charge on any atom is -0.308 e. The molecule has 9 heavy (non-hydrogen) atoms. The van der Waals surface area contributed by atoms with Gasteiger partial charge >= 0.3 is 0 Å². The highest BCUT2D eigenvalue weighted by atomic mass is 17.5. The molecule has 0 aliphatic rings. The van der Waals surface area contributed by atoms with Crippen LogP contribution in [0.25, 0.3) is 0 Å². The highest BCUT2D eigenvalue weighted by molar-refractivity contribution is 4.63. The van der Waals surface area contributed by atoms with E-state index in [2.05, 4.69) is 14.8 Å². The van der Waals surface area contributed by atoms with E-state index in [1.54, 1.807) is 26.0 Å². The summed E-state index contributed by atoms with van der Waals surface area (Å²) in [5, 5.41) is 4.14. The second-order valence-electron chi connectivity index (χ2n) is 1.20. The molecule has 0 bridgehead atoms. The summed E-state index contributed by atoms with van der Waals surface area (Å²) in [5.41, 5.74) is 0. The lowest BCUT2D eigenvalue weighted by Gasteiger charge is -1.92. The molecule has 3 nitrogen and oxygen atoms in total. The van der Waals surface area contributed by atoms with Gasteiger partial charge in [-0.2, -0.15) is 0 Å². The lowest BCUT2D eigenvalue weighted by molar-refractivity contribution is -0.465. The van der Waals surface area contributed by atoms with E-state index in [0.29, 0.717) is 0 Å². The molecule has 0 fully saturated rings. The standard InChI is InChI=1S/C6H10O3/c1-3-5-7-9-8-6-4-2/h3-6H,1-2H3/b5-3+,6-4+. The van der Waals surface area contributed by atoms with Crippen LogP contribution in [-0.4, -0.2) is 0 Å². The van der Waals surface area contributed by atoms with Crippen molar-refractivity contribution < 1.29 is 14.8 Å². The maximum Gasteiger partial charge on any atom is 0.129 e. The van der Waals surface area contributed by atoms with Crippen molar-refractivity contribution in [2.45, 2.75) is 13.8 Å². The van der Waals surface area contributed by atoms with Crippen molar-refractivity contribution in [2.75, 3.05) is 0 Å². The fourth-order valence-corrected chi connectivity index (χ4v) is 0.179. The van der Waals surface area contributed by atoms with Gasteiger partial charge in [-0.05, 0) is 26.0 Å². The van der Waals surface area contributed by atoms with Gasteiger partial charge in [-0.25, -0.2) is 0 Å².